The van der Waals surface area contributed by atoms with Crippen molar-refractivity contribution in [3.63, 3.8) is 0 Å². The molecule has 0 aliphatic carbocycles. The molecule has 0 bridgehead atoms. The Hall–Kier alpha value is -1.61. The maximum Gasteiger partial charge on any atom is 0.104 e. The molecule has 0 radical (unpaired) electrons. The van der Waals surface area contributed by atoms with Crippen LogP contribution >= 0.6 is 0 Å². The van der Waals surface area contributed by atoms with E-state index in [4.69, 9.17) is 0 Å². The van der Waals surface area contributed by atoms with Gasteiger partial charge >= 0.3 is 0 Å². The summed E-state index contributed by atoms with van der Waals surface area (Å²) in [5.74, 6) is 0. The highest BCUT2D eigenvalue weighted by molar-refractivity contribution is 5.37. The molecule has 17 heavy (non-hydrogen) atoms. The van der Waals surface area contributed by atoms with E-state index >= 15 is 0 Å². The molecule has 1 unspecified atom stereocenters. The van der Waals surface area contributed by atoms with Crippen LogP contribution in [-0.2, 0) is 5.60 Å². The van der Waals surface area contributed by atoms with Gasteiger partial charge in [-0.2, -0.15) is 5.10 Å². The number of aromatic nitrogens is 2. The molecule has 0 aliphatic heterocycles. The minimum atomic E-state index is -0.847. The number of aryl methyl sites for hydroxylation is 1. The van der Waals surface area contributed by atoms with Gasteiger partial charge in [0.2, 0.25) is 0 Å². The number of hydrogen-bond donors (Lipinski definition) is 1. The van der Waals surface area contributed by atoms with E-state index in [1.165, 1.54) is 5.56 Å². The molecule has 0 spiro atoms. The number of benzene rings is 1. The zero-order valence-electron chi connectivity index (χ0n) is 10.5. The molecule has 2 rings (SSSR count). The van der Waals surface area contributed by atoms with Crippen LogP contribution in [-0.4, -0.2) is 14.9 Å². The monoisotopic (exact) mass is 230 g/mol. The average Bonchev–Trinajstić information content (AvgIpc) is 2.78. The van der Waals surface area contributed by atoms with Gasteiger partial charge in [-0.15, -0.1) is 0 Å². The Balaban J connectivity index is 2.51. The summed E-state index contributed by atoms with van der Waals surface area (Å²) in [5.41, 5.74) is 2.14. The molecule has 90 valence electrons. The summed E-state index contributed by atoms with van der Waals surface area (Å²) < 4.78 is 1.80. The normalized spacial score (nSPS) is 14.6. The first-order valence-electron chi connectivity index (χ1n) is 5.88. The van der Waals surface area contributed by atoms with Gasteiger partial charge in [-0.05, 0) is 44.0 Å². The molecule has 0 aliphatic rings. The van der Waals surface area contributed by atoms with Gasteiger partial charge in [0.05, 0.1) is 11.4 Å². The van der Waals surface area contributed by atoms with Gasteiger partial charge in [0, 0.05) is 6.20 Å². The quantitative estimate of drug-likeness (QED) is 0.880. The van der Waals surface area contributed by atoms with Gasteiger partial charge in [0.15, 0.2) is 0 Å². The summed E-state index contributed by atoms with van der Waals surface area (Å²) in [6, 6.07) is 9.96. The number of rotatable bonds is 3. The lowest BCUT2D eigenvalue weighted by Gasteiger charge is -2.22. The second-order valence-corrected chi connectivity index (χ2v) is 4.59. The van der Waals surface area contributed by atoms with Crippen molar-refractivity contribution in [2.24, 2.45) is 0 Å². The predicted molar refractivity (Wildman–Crippen MR) is 68.2 cm³/mol. The van der Waals surface area contributed by atoms with E-state index in [9.17, 15) is 5.11 Å². The van der Waals surface area contributed by atoms with Crippen molar-refractivity contribution in [2.75, 3.05) is 0 Å². The van der Waals surface area contributed by atoms with Crippen LogP contribution in [0.1, 0.15) is 31.5 Å². The second kappa shape index (κ2) is 4.34. The molecule has 3 nitrogen and oxygen atoms in total. The smallest absolute Gasteiger partial charge is 0.104 e. The number of nitrogens with zero attached hydrogens (tertiary/aromatic N) is 2. The lowest BCUT2D eigenvalue weighted by atomic mass is 9.99. The summed E-state index contributed by atoms with van der Waals surface area (Å²) >= 11 is 0. The third kappa shape index (κ3) is 2.24. The predicted octanol–water partition coefficient (Wildman–Crippen LogP) is 2.80. The summed E-state index contributed by atoms with van der Waals surface area (Å²) in [7, 11) is 0. The van der Waals surface area contributed by atoms with Crippen molar-refractivity contribution in [1.82, 2.24) is 9.78 Å². The van der Waals surface area contributed by atoms with Crippen LogP contribution in [0.2, 0.25) is 0 Å². The van der Waals surface area contributed by atoms with E-state index < -0.39 is 5.60 Å². The average molecular weight is 230 g/mol. The Kier molecular flexibility index (Phi) is 3.03. The Morgan fingerprint density at radius 1 is 1.35 bits per heavy atom. The zero-order valence-corrected chi connectivity index (χ0v) is 10.5. The van der Waals surface area contributed by atoms with Crippen molar-refractivity contribution in [3.05, 3.63) is 47.8 Å². The van der Waals surface area contributed by atoms with E-state index in [-0.39, 0.29) is 0 Å². The van der Waals surface area contributed by atoms with Crippen LogP contribution in [0.5, 0.6) is 0 Å². The maximum atomic E-state index is 10.3. The van der Waals surface area contributed by atoms with E-state index in [0.717, 1.165) is 11.4 Å². The van der Waals surface area contributed by atoms with Crippen LogP contribution in [0.15, 0.2) is 36.5 Å². The molecule has 0 fully saturated rings. The largest absolute Gasteiger partial charge is 0.384 e. The molecule has 1 N–H and O–H groups in total. The standard InChI is InChI=1S/C14H18N2O/c1-4-14(3,17)13-8-9-15-16(13)12-7-5-6-11(2)10-12/h5-10,17H,4H2,1-3H3. The molecular weight excluding hydrogens is 212 g/mol. The minimum absolute atomic E-state index is 0.657. The third-order valence-electron chi connectivity index (χ3n) is 3.13. The summed E-state index contributed by atoms with van der Waals surface area (Å²) in [4.78, 5) is 0. The van der Waals surface area contributed by atoms with Crippen LogP contribution in [0.25, 0.3) is 5.69 Å². The molecule has 0 amide bonds. The lowest BCUT2D eigenvalue weighted by Crippen LogP contribution is -2.23. The molecule has 3 heteroatoms. The Labute approximate surface area is 102 Å². The first-order valence-corrected chi connectivity index (χ1v) is 5.88. The highest BCUT2D eigenvalue weighted by atomic mass is 16.3. The topological polar surface area (TPSA) is 38.1 Å². The first-order chi connectivity index (χ1) is 8.04. The minimum Gasteiger partial charge on any atom is -0.384 e. The van der Waals surface area contributed by atoms with Gasteiger partial charge in [-0.1, -0.05) is 19.1 Å². The van der Waals surface area contributed by atoms with Crippen molar-refractivity contribution in [2.45, 2.75) is 32.8 Å². The molecule has 0 saturated carbocycles. The third-order valence-corrected chi connectivity index (χ3v) is 3.13. The van der Waals surface area contributed by atoms with E-state index in [1.54, 1.807) is 10.9 Å². The molecular formula is C14H18N2O. The Morgan fingerprint density at radius 3 is 2.76 bits per heavy atom. The molecule has 1 aromatic heterocycles. The van der Waals surface area contributed by atoms with Gasteiger partial charge in [-0.25, -0.2) is 4.68 Å². The molecule has 1 heterocycles. The Morgan fingerprint density at radius 2 is 2.12 bits per heavy atom. The van der Waals surface area contributed by atoms with Gasteiger partial charge in [-0.3, -0.25) is 0 Å². The van der Waals surface area contributed by atoms with Gasteiger partial charge in [0.25, 0.3) is 0 Å². The fourth-order valence-corrected chi connectivity index (χ4v) is 1.86. The van der Waals surface area contributed by atoms with Crippen molar-refractivity contribution >= 4 is 0 Å². The lowest BCUT2D eigenvalue weighted by molar-refractivity contribution is 0.0460. The zero-order chi connectivity index (χ0) is 12.5. The van der Waals surface area contributed by atoms with E-state index in [0.29, 0.717) is 6.42 Å². The van der Waals surface area contributed by atoms with Crippen molar-refractivity contribution in [3.8, 4) is 5.69 Å². The molecule has 1 atom stereocenters. The van der Waals surface area contributed by atoms with E-state index in [1.807, 2.05) is 45.0 Å². The first kappa shape index (κ1) is 11.9. The molecule has 1 aromatic carbocycles. The fourth-order valence-electron chi connectivity index (χ4n) is 1.86. The Bertz CT molecular complexity index is 514. The second-order valence-electron chi connectivity index (χ2n) is 4.59. The van der Waals surface area contributed by atoms with Gasteiger partial charge < -0.3 is 5.11 Å². The fraction of sp³-hybridized carbons (Fsp3) is 0.357. The highest BCUT2D eigenvalue weighted by Crippen LogP contribution is 2.26. The van der Waals surface area contributed by atoms with Crippen LogP contribution < -0.4 is 0 Å². The van der Waals surface area contributed by atoms with E-state index in [2.05, 4.69) is 11.2 Å². The van der Waals surface area contributed by atoms with Crippen LogP contribution in [0.3, 0.4) is 0 Å². The molecule has 0 saturated heterocycles. The summed E-state index contributed by atoms with van der Waals surface area (Å²) in [6.07, 6.45) is 2.38. The van der Waals surface area contributed by atoms with Crippen LogP contribution in [0.4, 0.5) is 0 Å². The van der Waals surface area contributed by atoms with Crippen LogP contribution in [0, 0.1) is 6.92 Å². The number of aliphatic hydroxyl groups is 1. The van der Waals surface area contributed by atoms with Gasteiger partial charge in [0.1, 0.15) is 5.60 Å². The van der Waals surface area contributed by atoms with Crippen molar-refractivity contribution < 1.29 is 5.11 Å². The maximum absolute atomic E-state index is 10.3. The highest BCUT2D eigenvalue weighted by Gasteiger charge is 2.25. The summed E-state index contributed by atoms with van der Waals surface area (Å²) in [5, 5.41) is 14.6. The summed E-state index contributed by atoms with van der Waals surface area (Å²) in [6.45, 7) is 5.83. The number of hydrogen-bond acceptors (Lipinski definition) is 2. The molecule has 2 aromatic rings. The van der Waals surface area contributed by atoms with Crippen molar-refractivity contribution in [1.29, 1.82) is 0 Å². The SMILES string of the molecule is CCC(C)(O)c1ccnn1-c1cccc(C)c1.